The molecule has 0 bridgehead atoms. The molecule has 2 fully saturated rings. The standard InChI is InChI=1S/C25H24N2O4S/c28-22-12-21-17-11-18(24-26-6-8-32-24)23(31-7-5-14-1-2-14)10-16(17)9-20(15-3-4-15)27(21)13-19(22)25(29)30/h6,8,10-15,20H,1-5,7,9H2,(H,29,30). The minimum absolute atomic E-state index is 0.164. The number of rotatable bonds is 7. The summed E-state index contributed by atoms with van der Waals surface area (Å²) in [6.45, 7) is 0.700. The van der Waals surface area contributed by atoms with Crippen molar-refractivity contribution >= 4 is 17.3 Å². The third kappa shape index (κ3) is 3.54. The number of ether oxygens (including phenoxy) is 1. The van der Waals surface area contributed by atoms with Crippen molar-refractivity contribution in [2.45, 2.75) is 44.6 Å². The molecule has 2 saturated carbocycles. The molecule has 3 aliphatic rings. The van der Waals surface area contributed by atoms with Crippen LogP contribution in [0.5, 0.6) is 5.75 Å². The molecule has 1 atom stereocenters. The molecule has 0 saturated heterocycles. The van der Waals surface area contributed by atoms with Gasteiger partial charge in [0.1, 0.15) is 16.3 Å². The van der Waals surface area contributed by atoms with Gasteiger partial charge in [-0.15, -0.1) is 11.3 Å². The summed E-state index contributed by atoms with van der Waals surface area (Å²) in [5, 5.41) is 12.3. The SMILES string of the molecule is O=C(O)c1cn2c(cc1=O)-c1cc(-c3nccs3)c(OCCC3CC3)cc1CC2C1CC1. The highest BCUT2D eigenvalue weighted by Gasteiger charge is 2.37. The Morgan fingerprint density at radius 1 is 1.19 bits per heavy atom. The quantitative estimate of drug-likeness (QED) is 0.549. The number of fused-ring (bicyclic) bond motifs is 3. The number of benzene rings is 1. The van der Waals surface area contributed by atoms with Gasteiger partial charge in [0.25, 0.3) is 0 Å². The van der Waals surface area contributed by atoms with E-state index in [2.05, 4.69) is 17.1 Å². The van der Waals surface area contributed by atoms with Gasteiger partial charge in [-0.3, -0.25) is 4.79 Å². The number of pyridine rings is 1. The molecule has 1 N–H and O–H groups in total. The van der Waals surface area contributed by atoms with Crippen LogP contribution in [0.2, 0.25) is 0 Å². The van der Waals surface area contributed by atoms with Crippen LogP contribution in [-0.2, 0) is 6.42 Å². The minimum atomic E-state index is -1.17. The number of carbonyl (C=O) groups is 1. The van der Waals surface area contributed by atoms with Gasteiger partial charge in [0.2, 0.25) is 0 Å². The number of aromatic nitrogens is 2. The van der Waals surface area contributed by atoms with Crippen LogP contribution < -0.4 is 10.2 Å². The zero-order valence-electron chi connectivity index (χ0n) is 17.6. The fourth-order valence-electron chi connectivity index (χ4n) is 4.81. The van der Waals surface area contributed by atoms with Crippen molar-refractivity contribution in [3.63, 3.8) is 0 Å². The normalized spacial score (nSPS) is 19.3. The van der Waals surface area contributed by atoms with Crippen LogP contribution in [0.4, 0.5) is 0 Å². The van der Waals surface area contributed by atoms with E-state index in [-0.39, 0.29) is 11.6 Å². The summed E-state index contributed by atoms with van der Waals surface area (Å²) in [5.74, 6) is 1.00. The van der Waals surface area contributed by atoms with E-state index >= 15 is 0 Å². The molecule has 1 unspecified atom stereocenters. The van der Waals surface area contributed by atoms with E-state index in [1.807, 2.05) is 9.95 Å². The van der Waals surface area contributed by atoms with Crippen LogP contribution in [0.25, 0.3) is 21.8 Å². The molecule has 32 heavy (non-hydrogen) atoms. The first-order valence-electron chi connectivity index (χ1n) is 11.3. The van der Waals surface area contributed by atoms with E-state index in [4.69, 9.17) is 4.74 Å². The van der Waals surface area contributed by atoms with Gasteiger partial charge in [-0.05, 0) is 55.2 Å². The number of hydrogen-bond donors (Lipinski definition) is 1. The van der Waals surface area contributed by atoms with Crippen molar-refractivity contribution in [1.29, 1.82) is 0 Å². The van der Waals surface area contributed by atoms with E-state index in [9.17, 15) is 14.7 Å². The smallest absolute Gasteiger partial charge is 0.341 e. The molecule has 0 amide bonds. The molecule has 0 radical (unpaired) electrons. The predicted molar refractivity (Wildman–Crippen MR) is 123 cm³/mol. The summed E-state index contributed by atoms with van der Waals surface area (Å²) >= 11 is 1.56. The second kappa shape index (κ2) is 7.59. The molecular formula is C25H24N2O4S. The third-order valence-corrected chi connectivity index (χ3v) is 7.69. The van der Waals surface area contributed by atoms with Crippen molar-refractivity contribution < 1.29 is 14.6 Å². The highest BCUT2D eigenvalue weighted by molar-refractivity contribution is 7.13. The van der Waals surface area contributed by atoms with Gasteiger partial charge in [-0.25, -0.2) is 9.78 Å². The van der Waals surface area contributed by atoms with Crippen molar-refractivity contribution in [3.8, 4) is 27.6 Å². The summed E-state index contributed by atoms with van der Waals surface area (Å²) in [6.07, 6.45) is 10.1. The maximum atomic E-state index is 12.6. The molecule has 1 aliphatic heterocycles. The summed E-state index contributed by atoms with van der Waals surface area (Å²) in [5.41, 5.74) is 3.23. The summed E-state index contributed by atoms with van der Waals surface area (Å²) in [6, 6.07) is 5.88. The Kier molecular flexibility index (Phi) is 4.68. The fraction of sp³-hybridized carbons (Fsp3) is 0.400. The van der Waals surface area contributed by atoms with Crippen LogP contribution >= 0.6 is 11.3 Å². The molecule has 0 spiro atoms. The minimum Gasteiger partial charge on any atom is -0.493 e. The van der Waals surface area contributed by atoms with E-state index in [1.165, 1.54) is 18.9 Å². The van der Waals surface area contributed by atoms with Crippen molar-refractivity contribution in [3.05, 3.63) is 57.3 Å². The molecular weight excluding hydrogens is 424 g/mol. The second-order valence-electron chi connectivity index (χ2n) is 9.18. The highest BCUT2D eigenvalue weighted by Crippen LogP contribution is 2.49. The molecule has 7 heteroatoms. The van der Waals surface area contributed by atoms with Crippen LogP contribution in [0, 0.1) is 11.8 Å². The van der Waals surface area contributed by atoms with Crippen LogP contribution in [0.1, 0.15) is 54.1 Å². The summed E-state index contributed by atoms with van der Waals surface area (Å²) in [4.78, 5) is 28.7. The Labute approximate surface area is 189 Å². The molecule has 3 heterocycles. The molecule has 164 valence electrons. The van der Waals surface area contributed by atoms with Gasteiger partial charge in [-0.2, -0.15) is 0 Å². The number of carboxylic acid groups (broad SMARTS) is 1. The van der Waals surface area contributed by atoms with Gasteiger partial charge in [-0.1, -0.05) is 12.8 Å². The maximum Gasteiger partial charge on any atom is 0.341 e. The third-order valence-electron chi connectivity index (χ3n) is 6.89. The Morgan fingerprint density at radius 2 is 2.03 bits per heavy atom. The fourth-order valence-corrected chi connectivity index (χ4v) is 5.47. The molecule has 1 aromatic carbocycles. The maximum absolute atomic E-state index is 12.6. The first kappa shape index (κ1) is 19.7. The van der Waals surface area contributed by atoms with Crippen molar-refractivity contribution in [2.24, 2.45) is 11.8 Å². The van der Waals surface area contributed by atoms with E-state index in [0.717, 1.165) is 64.7 Å². The van der Waals surface area contributed by atoms with Crippen LogP contribution in [0.3, 0.4) is 0 Å². The van der Waals surface area contributed by atoms with E-state index in [0.29, 0.717) is 12.5 Å². The van der Waals surface area contributed by atoms with Gasteiger partial charge < -0.3 is 14.4 Å². The van der Waals surface area contributed by atoms with Gasteiger partial charge in [0.05, 0.1) is 17.9 Å². The van der Waals surface area contributed by atoms with Crippen LogP contribution in [0.15, 0.2) is 40.8 Å². The van der Waals surface area contributed by atoms with Gasteiger partial charge in [0.15, 0.2) is 5.43 Å². The Balaban J connectivity index is 1.48. The second-order valence-corrected chi connectivity index (χ2v) is 10.1. The number of aromatic carboxylic acids is 1. The summed E-state index contributed by atoms with van der Waals surface area (Å²) < 4.78 is 8.30. The molecule has 2 aliphatic carbocycles. The number of nitrogens with zero attached hydrogens (tertiary/aromatic N) is 2. The van der Waals surface area contributed by atoms with E-state index in [1.54, 1.807) is 23.7 Å². The van der Waals surface area contributed by atoms with E-state index < -0.39 is 11.4 Å². The lowest BCUT2D eigenvalue weighted by Crippen LogP contribution is -2.26. The zero-order chi connectivity index (χ0) is 21.8. The number of carboxylic acids is 1. The molecule has 2 aromatic heterocycles. The lowest BCUT2D eigenvalue weighted by molar-refractivity contribution is 0.0694. The first-order valence-corrected chi connectivity index (χ1v) is 12.2. The molecule has 3 aromatic rings. The lowest BCUT2D eigenvalue weighted by atomic mass is 9.88. The largest absolute Gasteiger partial charge is 0.493 e. The monoisotopic (exact) mass is 448 g/mol. The first-order chi connectivity index (χ1) is 15.6. The predicted octanol–water partition coefficient (Wildman–Crippen LogP) is 5.02. The average Bonchev–Trinajstić information content (AvgIpc) is 3.71. The topological polar surface area (TPSA) is 81.4 Å². The number of hydrogen-bond acceptors (Lipinski definition) is 5. The number of thiazole rings is 1. The molecule has 6 nitrogen and oxygen atoms in total. The van der Waals surface area contributed by atoms with Gasteiger partial charge >= 0.3 is 5.97 Å². The summed E-state index contributed by atoms with van der Waals surface area (Å²) in [7, 11) is 0. The van der Waals surface area contributed by atoms with Gasteiger partial charge in [0, 0.05) is 35.4 Å². The zero-order valence-corrected chi connectivity index (χ0v) is 18.4. The Morgan fingerprint density at radius 3 is 2.72 bits per heavy atom. The molecule has 6 rings (SSSR count). The van der Waals surface area contributed by atoms with Crippen LogP contribution in [-0.4, -0.2) is 27.2 Å². The Bertz CT molecular complexity index is 1260. The Hall–Kier alpha value is -2.93. The van der Waals surface area contributed by atoms with Crippen molar-refractivity contribution in [2.75, 3.05) is 6.61 Å². The average molecular weight is 449 g/mol. The lowest BCUT2D eigenvalue weighted by Gasteiger charge is -2.31. The van der Waals surface area contributed by atoms with Crippen molar-refractivity contribution in [1.82, 2.24) is 9.55 Å². The highest BCUT2D eigenvalue weighted by atomic mass is 32.1.